The Hall–Kier alpha value is -2.29. The maximum absolute atomic E-state index is 12.9. The first kappa shape index (κ1) is 21.0. The topological polar surface area (TPSA) is 40.5 Å². The summed E-state index contributed by atoms with van der Waals surface area (Å²) in [4.78, 5) is 15.2. The Labute approximate surface area is 181 Å². The first-order valence-corrected chi connectivity index (χ1v) is 11.5. The fourth-order valence-corrected chi connectivity index (χ4v) is 5.68. The van der Waals surface area contributed by atoms with Crippen LogP contribution in [0.1, 0.15) is 81.4 Å². The number of hydrogen-bond acceptors (Lipinski definition) is 3. The van der Waals surface area contributed by atoms with Gasteiger partial charge >= 0.3 is 0 Å². The van der Waals surface area contributed by atoms with Crippen molar-refractivity contribution < 1.29 is 9.90 Å². The number of nitrogens with zero attached hydrogens (tertiary/aromatic N) is 1. The fourth-order valence-electron chi connectivity index (χ4n) is 5.68. The van der Waals surface area contributed by atoms with Gasteiger partial charge < -0.3 is 10.0 Å². The van der Waals surface area contributed by atoms with Crippen molar-refractivity contribution in [3.63, 3.8) is 0 Å². The summed E-state index contributed by atoms with van der Waals surface area (Å²) < 4.78 is 0. The van der Waals surface area contributed by atoms with E-state index in [1.54, 1.807) is 0 Å². The molecule has 2 aliphatic rings. The van der Waals surface area contributed by atoms with Gasteiger partial charge in [-0.1, -0.05) is 37.3 Å². The molecule has 1 aliphatic carbocycles. The van der Waals surface area contributed by atoms with E-state index in [4.69, 9.17) is 0 Å². The van der Waals surface area contributed by atoms with Crippen LogP contribution in [0.5, 0.6) is 5.75 Å². The number of phenols is 1. The highest BCUT2D eigenvalue weighted by molar-refractivity contribution is 5.90. The summed E-state index contributed by atoms with van der Waals surface area (Å²) in [5.41, 5.74) is 4.46. The number of phenolic OH excluding ortho intramolecular Hbond substituents is 1. The van der Waals surface area contributed by atoms with E-state index in [9.17, 15) is 9.90 Å². The zero-order chi connectivity index (χ0) is 21.5. The lowest BCUT2D eigenvalue weighted by Gasteiger charge is -2.53. The molecule has 1 heterocycles. The zero-order valence-corrected chi connectivity index (χ0v) is 18.8. The second kappa shape index (κ2) is 8.09. The van der Waals surface area contributed by atoms with Crippen LogP contribution in [0.2, 0.25) is 0 Å². The standard InChI is InChI=1S/C27H35NO2/c1-18(19-11-6-5-7-12-19)10-8-13-20-16-23-21(17-25(20)30)26-22(14-9-15-24(26)29)27(2,3)28(23)4/h5-7,11-12,16-18,22,26,30H,8-10,13-15H2,1-4H3. The molecule has 160 valence electrons. The molecule has 2 aromatic rings. The number of hydrogen-bond donors (Lipinski definition) is 1. The molecule has 4 rings (SSSR count). The van der Waals surface area contributed by atoms with Gasteiger partial charge in [-0.05, 0) is 86.6 Å². The Morgan fingerprint density at radius 3 is 2.67 bits per heavy atom. The predicted molar refractivity (Wildman–Crippen MR) is 123 cm³/mol. The summed E-state index contributed by atoms with van der Waals surface area (Å²) in [6.45, 7) is 6.80. The minimum atomic E-state index is -0.0713. The summed E-state index contributed by atoms with van der Waals surface area (Å²) in [5.74, 6) is 1.45. The Morgan fingerprint density at radius 2 is 1.93 bits per heavy atom. The van der Waals surface area contributed by atoms with Gasteiger partial charge in [-0.2, -0.15) is 0 Å². The molecule has 0 amide bonds. The number of rotatable bonds is 5. The number of carbonyl (C=O) groups excluding carboxylic acids is 1. The molecule has 3 heteroatoms. The monoisotopic (exact) mass is 405 g/mol. The summed E-state index contributed by atoms with van der Waals surface area (Å²) >= 11 is 0. The lowest BCUT2D eigenvalue weighted by molar-refractivity contribution is -0.124. The molecule has 1 saturated carbocycles. The molecule has 1 N–H and O–H groups in total. The molecule has 3 nitrogen and oxygen atoms in total. The van der Waals surface area contributed by atoms with Crippen LogP contribution in [0.25, 0.3) is 0 Å². The molecule has 0 saturated heterocycles. The first-order valence-electron chi connectivity index (χ1n) is 11.5. The van der Waals surface area contributed by atoms with Gasteiger partial charge in [0, 0.05) is 30.6 Å². The van der Waals surface area contributed by atoms with Crippen molar-refractivity contribution in [1.29, 1.82) is 0 Å². The first-order chi connectivity index (χ1) is 14.3. The highest BCUT2D eigenvalue weighted by Crippen LogP contribution is 2.52. The highest BCUT2D eigenvalue weighted by Gasteiger charge is 2.49. The third kappa shape index (κ3) is 3.64. The minimum Gasteiger partial charge on any atom is -0.508 e. The normalized spacial score (nSPS) is 23.6. The lowest BCUT2D eigenvalue weighted by atomic mass is 9.63. The van der Waals surface area contributed by atoms with Gasteiger partial charge in [-0.15, -0.1) is 0 Å². The van der Waals surface area contributed by atoms with Crippen molar-refractivity contribution in [2.24, 2.45) is 5.92 Å². The Morgan fingerprint density at radius 1 is 1.20 bits per heavy atom. The Balaban J connectivity index is 1.56. The van der Waals surface area contributed by atoms with E-state index in [0.29, 0.717) is 29.8 Å². The van der Waals surface area contributed by atoms with Gasteiger partial charge in [-0.3, -0.25) is 4.79 Å². The van der Waals surface area contributed by atoms with E-state index in [-0.39, 0.29) is 11.5 Å². The number of Topliss-reactive ketones (excluding diaryl/α,β-unsaturated/α-hetero) is 1. The molecule has 0 bridgehead atoms. The number of anilines is 1. The number of benzene rings is 2. The molecule has 0 radical (unpaired) electrons. The van der Waals surface area contributed by atoms with Crippen molar-refractivity contribution in [2.45, 2.75) is 76.7 Å². The number of fused-ring (bicyclic) bond motifs is 3. The number of ketones is 1. The van der Waals surface area contributed by atoms with E-state index >= 15 is 0 Å². The van der Waals surface area contributed by atoms with E-state index in [1.165, 1.54) is 5.56 Å². The zero-order valence-electron chi connectivity index (χ0n) is 18.8. The molecule has 30 heavy (non-hydrogen) atoms. The largest absolute Gasteiger partial charge is 0.508 e. The van der Waals surface area contributed by atoms with Gasteiger partial charge in [0.25, 0.3) is 0 Å². The summed E-state index contributed by atoms with van der Waals surface area (Å²) in [6.07, 6.45) is 5.70. The molecular formula is C27H35NO2. The van der Waals surface area contributed by atoms with Crippen molar-refractivity contribution in [3.8, 4) is 5.75 Å². The summed E-state index contributed by atoms with van der Waals surface area (Å²) in [5, 5.41) is 10.8. The van der Waals surface area contributed by atoms with Crippen LogP contribution in [0.4, 0.5) is 5.69 Å². The van der Waals surface area contributed by atoms with Crippen molar-refractivity contribution >= 4 is 11.5 Å². The maximum atomic E-state index is 12.9. The van der Waals surface area contributed by atoms with Crippen LogP contribution in [0, 0.1) is 5.92 Å². The summed E-state index contributed by atoms with van der Waals surface area (Å²) in [7, 11) is 2.15. The van der Waals surface area contributed by atoms with Crippen molar-refractivity contribution in [1.82, 2.24) is 0 Å². The molecular weight excluding hydrogens is 370 g/mol. The Kier molecular flexibility index (Phi) is 5.65. The van der Waals surface area contributed by atoms with Gasteiger partial charge in [0.1, 0.15) is 11.5 Å². The van der Waals surface area contributed by atoms with Crippen LogP contribution in [-0.4, -0.2) is 23.5 Å². The SMILES string of the molecule is CC(CCCc1cc2c(cc1O)C1C(=O)CCCC1C(C)(C)N2C)c1ccccc1. The Bertz CT molecular complexity index is 918. The number of aromatic hydroxyl groups is 1. The minimum absolute atomic E-state index is 0.0657. The van der Waals surface area contributed by atoms with E-state index in [0.717, 1.165) is 48.9 Å². The van der Waals surface area contributed by atoms with Gasteiger partial charge in [0.15, 0.2) is 0 Å². The van der Waals surface area contributed by atoms with Crippen LogP contribution < -0.4 is 4.90 Å². The second-order valence-electron chi connectivity index (χ2n) is 9.90. The molecule has 3 atom stereocenters. The number of aryl methyl sites for hydroxylation is 1. The lowest BCUT2D eigenvalue weighted by Crippen LogP contribution is -2.55. The molecule has 0 spiro atoms. The van der Waals surface area contributed by atoms with E-state index in [2.05, 4.69) is 69.1 Å². The molecule has 1 fully saturated rings. The van der Waals surface area contributed by atoms with Gasteiger partial charge in [0.05, 0.1) is 0 Å². The van der Waals surface area contributed by atoms with E-state index in [1.807, 2.05) is 6.07 Å². The molecule has 3 unspecified atom stereocenters. The third-order valence-electron chi connectivity index (χ3n) is 7.84. The van der Waals surface area contributed by atoms with Crippen LogP contribution in [0.3, 0.4) is 0 Å². The van der Waals surface area contributed by atoms with Crippen molar-refractivity contribution in [2.75, 3.05) is 11.9 Å². The van der Waals surface area contributed by atoms with Crippen LogP contribution in [-0.2, 0) is 11.2 Å². The summed E-state index contributed by atoms with van der Waals surface area (Å²) in [6, 6.07) is 14.7. The van der Waals surface area contributed by atoms with Crippen LogP contribution in [0.15, 0.2) is 42.5 Å². The van der Waals surface area contributed by atoms with E-state index < -0.39 is 0 Å². The smallest absolute Gasteiger partial charge is 0.140 e. The molecule has 2 aromatic carbocycles. The highest BCUT2D eigenvalue weighted by atomic mass is 16.3. The van der Waals surface area contributed by atoms with Gasteiger partial charge in [0.2, 0.25) is 0 Å². The maximum Gasteiger partial charge on any atom is 0.140 e. The average Bonchev–Trinajstić information content (AvgIpc) is 2.73. The quantitative estimate of drug-likeness (QED) is 0.644. The number of carbonyl (C=O) groups is 1. The molecule has 0 aromatic heterocycles. The van der Waals surface area contributed by atoms with Crippen LogP contribution >= 0.6 is 0 Å². The predicted octanol–water partition coefficient (Wildman–Crippen LogP) is 6.20. The van der Waals surface area contributed by atoms with Crippen molar-refractivity contribution in [3.05, 3.63) is 59.2 Å². The molecule has 1 aliphatic heterocycles. The third-order valence-corrected chi connectivity index (χ3v) is 7.84. The second-order valence-corrected chi connectivity index (χ2v) is 9.90. The fraction of sp³-hybridized carbons (Fsp3) is 0.519. The van der Waals surface area contributed by atoms with Gasteiger partial charge in [-0.25, -0.2) is 0 Å². The average molecular weight is 406 g/mol.